The molecule has 0 aliphatic carbocycles. The van der Waals surface area contributed by atoms with Crippen LogP contribution in [0.3, 0.4) is 0 Å². The van der Waals surface area contributed by atoms with Crippen LogP contribution in [0.2, 0.25) is 0 Å². The van der Waals surface area contributed by atoms with Crippen LogP contribution in [0.5, 0.6) is 0 Å². The molecule has 1 fully saturated rings. The highest BCUT2D eigenvalue weighted by Crippen LogP contribution is 2.29. The lowest BCUT2D eigenvalue weighted by Crippen LogP contribution is -2.33. The molecule has 7 nitrogen and oxygen atoms in total. The smallest absolute Gasteiger partial charge is 0.319 e. The van der Waals surface area contributed by atoms with E-state index in [0.29, 0.717) is 24.4 Å². The van der Waals surface area contributed by atoms with Crippen LogP contribution in [0.4, 0.5) is 16.2 Å². The Bertz CT molecular complexity index is 571. The highest BCUT2D eigenvalue weighted by Gasteiger charge is 2.17. The van der Waals surface area contributed by atoms with Gasteiger partial charge in [-0.1, -0.05) is 0 Å². The average molecular weight is 334 g/mol. The number of benzene rings is 1. The Morgan fingerprint density at radius 2 is 2.00 bits per heavy atom. The van der Waals surface area contributed by atoms with E-state index in [1.165, 1.54) is 6.42 Å². The molecule has 4 N–H and O–H groups in total. The predicted molar refractivity (Wildman–Crippen MR) is 94.5 cm³/mol. The summed E-state index contributed by atoms with van der Waals surface area (Å²) in [6.45, 7) is 3.00. The van der Waals surface area contributed by atoms with Crippen LogP contribution >= 0.6 is 0 Å². The van der Waals surface area contributed by atoms with Crippen molar-refractivity contribution in [2.24, 2.45) is 5.73 Å². The number of hydrogen-bond donors (Lipinski definition) is 3. The molecule has 1 aliphatic rings. The molecule has 1 heterocycles. The molecule has 1 saturated heterocycles. The predicted octanol–water partition coefficient (Wildman–Crippen LogP) is 1.93. The van der Waals surface area contributed by atoms with E-state index < -0.39 is 5.91 Å². The molecular weight excluding hydrogens is 308 g/mol. The summed E-state index contributed by atoms with van der Waals surface area (Å²) in [4.78, 5) is 25.8. The largest absolute Gasteiger partial charge is 0.385 e. The van der Waals surface area contributed by atoms with Gasteiger partial charge in [0.2, 0.25) is 5.91 Å². The summed E-state index contributed by atoms with van der Waals surface area (Å²) in [6, 6.07) is 4.90. The van der Waals surface area contributed by atoms with Gasteiger partial charge < -0.3 is 26.0 Å². The minimum absolute atomic E-state index is 0.300. The molecule has 1 aromatic rings. The van der Waals surface area contributed by atoms with Gasteiger partial charge in [0.1, 0.15) is 0 Å². The number of anilines is 2. The van der Waals surface area contributed by atoms with E-state index >= 15 is 0 Å². The lowest BCUT2D eigenvalue weighted by Gasteiger charge is -2.30. The van der Waals surface area contributed by atoms with Gasteiger partial charge in [-0.3, -0.25) is 4.79 Å². The molecule has 7 heteroatoms. The third-order valence-corrected chi connectivity index (χ3v) is 4.04. The van der Waals surface area contributed by atoms with Crippen LogP contribution in [0.15, 0.2) is 18.2 Å². The van der Waals surface area contributed by atoms with E-state index in [1.807, 2.05) is 6.07 Å². The van der Waals surface area contributed by atoms with Crippen molar-refractivity contribution in [3.05, 3.63) is 23.8 Å². The minimum Gasteiger partial charge on any atom is -0.385 e. The van der Waals surface area contributed by atoms with Crippen molar-refractivity contribution in [3.8, 4) is 0 Å². The number of urea groups is 1. The van der Waals surface area contributed by atoms with E-state index in [9.17, 15) is 9.59 Å². The topological polar surface area (TPSA) is 96.7 Å². The molecule has 0 bridgehead atoms. The minimum atomic E-state index is -0.510. The van der Waals surface area contributed by atoms with Crippen molar-refractivity contribution >= 4 is 23.3 Å². The third kappa shape index (κ3) is 5.13. The van der Waals surface area contributed by atoms with E-state index in [1.54, 1.807) is 19.2 Å². The van der Waals surface area contributed by atoms with Crippen molar-refractivity contribution in [3.63, 3.8) is 0 Å². The summed E-state index contributed by atoms with van der Waals surface area (Å²) in [6.07, 6.45) is 4.21. The highest BCUT2D eigenvalue weighted by molar-refractivity contribution is 5.98. The number of hydrogen-bond acceptors (Lipinski definition) is 4. The zero-order valence-corrected chi connectivity index (χ0v) is 14.1. The molecule has 1 aliphatic heterocycles. The number of methoxy groups -OCH3 is 1. The van der Waals surface area contributed by atoms with Crippen molar-refractivity contribution < 1.29 is 14.3 Å². The fourth-order valence-corrected chi connectivity index (χ4v) is 2.78. The Labute approximate surface area is 142 Å². The Balaban J connectivity index is 2.10. The van der Waals surface area contributed by atoms with Gasteiger partial charge in [0, 0.05) is 38.9 Å². The molecule has 1 aromatic carbocycles. The number of carbonyl (C=O) groups is 2. The maximum Gasteiger partial charge on any atom is 0.319 e. The van der Waals surface area contributed by atoms with E-state index in [2.05, 4.69) is 15.5 Å². The number of nitrogens with one attached hydrogen (secondary N) is 2. The average Bonchev–Trinajstić information content (AvgIpc) is 2.59. The van der Waals surface area contributed by atoms with Gasteiger partial charge in [-0.15, -0.1) is 0 Å². The van der Waals surface area contributed by atoms with Crippen LogP contribution in [0, 0.1) is 0 Å². The molecule has 0 aromatic heterocycles. The van der Waals surface area contributed by atoms with Gasteiger partial charge in [0.25, 0.3) is 0 Å². The van der Waals surface area contributed by atoms with Crippen LogP contribution in [-0.2, 0) is 4.74 Å². The lowest BCUT2D eigenvalue weighted by molar-refractivity contribution is 0.100. The fraction of sp³-hybridized carbons (Fsp3) is 0.529. The van der Waals surface area contributed by atoms with Gasteiger partial charge in [0.15, 0.2) is 0 Å². The highest BCUT2D eigenvalue weighted by atomic mass is 16.5. The molecular formula is C17H26N4O3. The first kappa shape index (κ1) is 18.1. The standard InChI is InChI=1S/C17H26N4O3/c1-24-11-5-8-19-17(23)20-14-12-13(16(18)22)6-7-15(14)21-9-3-2-4-10-21/h6-7,12H,2-5,8-11H2,1H3,(H2,18,22)(H2,19,20,23). The summed E-state index contributed by atoms with van der Waals surface area (Å²) in [5.74, 6) is -0.510. The molecule has 0 unspecified atom stereocenters. The van der Waals surface area contributed by atoms with Gasteiger partial charge in [-0.2, -0.15) is 0 Å². The molecule has 0 saturated carbocycles. The summed E-state index contributed by atoms with van der Waals surface area (Å²) in [7, 11) is 1.63. The Morgan fingerprint density at radius 3 is 2.67 bits per heavy atom. The second-order valence-corrected chi connectivity index (χ2v) is 5.87. The van der Waals surface area contributed by atoms with Crippen LogP contribution < -0.4 is 21.3 Å². The summed E-state index contributed by atoms with van der Waals surface area (Å²) < 4.78 is 4.95. The fourth-order valence-electron chi connectivity index (χ4n) is 2.78. The lowest BCUT2D eigenvalue weighted by atomic mass is 10.1. The van der Waals surface area contributed by atoms with Crippen LogP contribution in [-0.4, -0.2) is 45.3 Å². The number of primary amides is 1. The number of rotatable bonds is 7. The number of amides is 3. The molecule has 2 rings (SSSR count). The number of nitrogens with two attached hydrogens (primary N) is 1. The maximum absolute atomic E-state index is 12.1. The SMILES string of the molecule is COCCCNC(=O)Nc1cc(C(N)=O)ccc1N1CCCCC1. The van der Waals surface area contributed by atoms with Crippen LogP contribution in [0.25, 0.3) is 0 Å². The number of piperidine rings is 1. The zero-order chi connectivity index (χ0) is 17.4. The van der Waals surface area contributed by atoms with Gasteiger partial charge in [0.05, 0.1) is 11.4 Å². The van der Waals surface area contributed by atoms with Crippen molar-refractivity contribution in [2.45, 2.75) is 25.7 Å². The summed E-state index contributed by atoms with van der Waals surface area (Å²) >= 11 is 0. The Morgan fingerprint density at radius 1 is 1.25 bits per heavy atom. The number of nitrogens with zero attached hydrogens (tertiary/aromatic N) is 1. The Hall–Kier alpha value is -2.28. The summed E-state index contributed by atoms with van der Waals surface area (Å²) in [5.41, 5.74) is 7.27. The van der Waals surface area contributed by atoms with Crippen LogP contribution in [0.1, 0.15) is 36.0 Å². The molecule has 24 heavy (non-hydrogen) atoms. The van der Waals surface area contributed by atoms with E-state index in [-0.39, 0.29) is 6.03 Å². The maximum atomic E-state index is 12.1. The summed E-state index contributed by atoms with van der Waals surface area (Å²) in [5, 5.41) is 5.62. The van der Waals surface area contributed by atoms with Gasteiger partial charge >= 0.3 is 6.03 Å². The monoisotopic (exact) mass is 334 g/mol. The second-order valence-electron chi connectivity index (χ2n) is 5.87. The number of ether oxygens (including phenoxy) is 1. The molecule has 3 amide bonds. The zero-order valence-electron chi connectivity index (χ0n) is 14.1. The first-order valence-electron chi connectivity index (χ1n) is 8.34. The number of carbonyl (C=O) groups excluding carboxylic acids is 2. The molecule has 0 atom stereocenters. The van der Waals surface area contributed by atoms with Crippen molar-refractivity contribution in [2.75, 3.05) is 43.6 Å². The molecule has 0 radical (unpaired) electrons. The first-order chi connectivity index (χ1) is 11.6. The molecule has 132 valence electrons. The van der Waals surface area contributed by atoms with E-state index in [4.69, 9.17) is 10.5 Å². The second kappa shape index (κ2) is 9.12. The molecule has 0 spiro atoms. The normalized spacial score (nSPS) is 14.3. The quantitative estimate of drug-likeness (QED) is 0.664. The Kier molecular flexibility index (Phi) is 6.87. The van der Waals surface area contributed by atoms with Gasteiger partial charge in [-0.05, 0) is 43.9 Å². The third-order valence-electron chi connectivity index (χ3n) is 4.04. The van der Waals surface area contributed by atoms with Gasteiger partial charge in [-0.25, -0.2) is 4.79 Å². The first-order valence-corrected chi connectivity index (χ1v) is 8.34. The van der Waals surface area contributed by atoms with E-state index in [0.717, 1.165) is 38.0 Å². The van der Waals surface area contributed by atoms with Crippen molar-refractivity contribution in [1.29, 1.82) is 0 Å². The van der Waals surface area contributed by atoms with Crippen molar-refractivity contribution in [1.82, 2.24) is 5.32 Å².